The van der Waals surface area contributed by atoms with Gasteiger partial charge in [0, 0.05) is 29.1 Å². The van der Waals surface area contributed by atoms with Gasteiger partial charge in [-0.2, -0.15) is 10.5 Å². The summed E-state index contributed by atoms with van der Waals surface area (Å²) in [5.41, 5.74) is 23.2. The van der Waals surface area contributed by atoms with E-state index >= 15 is 0 Å². The van der Waals surface area contributed by atoms with Gasteiger partial charge in [0.1, 0.15) is 12.0 Å². The molecule has 10 N–H and O–H groups in total. The Balaban J connectivity index is 0.915. The number of amides is 3. The summed E-state index contributed by atoms with van der Waals surface area (Å²) >= 11 is 0. The van der Waals surface area contributed by atoms with Gasteiger partial charge in [0.15, 0.2) is 6.29 Å². The van der Waals surface area contributed by atoms with E-state index in [0.717, 1.165) is 104 Å². The van der Waals surface area contributed by atoms with Crippen molar-refractivity contribution in [3.05, 3.63) is 173 Å². The van der Waals surface area contributed by atoms with Crippen molar-refractivity contribution in [1.82, 2.24) is 53.7 Å². The van der Waals surface area contributed by atoms with Gasteiger partial charge in [-0.3, -0.25) is 25.1 Å². The number of rotatable bonds is 12. The van der Waals surface area contributed by atoms with Crippen molar-refractivity contribution < 1.29 is 14.4 Å². The first-order valence-corrected chi connectivity index (χ1v) is 24.7. The van der Waals surface area contributed by atoms with Crippen LogP contribution in [0.15, 0.2) is 161 Å². The minimum atomic E-state index is -0.875. The molecule has 7 unspecified atom stereocenters. The molecule has 1 saturated heterocycles. The normalized spacial score (nSPS) is 27.7. The fraction of sp³-hybridized carbons (Fsp3) is 0.352. The molecule has 7 atom stereocenters. The van der Waals surface area contributed by atoms with Gasteiger partial charge in [-0.05, 0) is 92.5 Å². The first kappa shape index (κ1) is 45.9. The predicted octanol–water partition coefficient (Wildman–Crippen LogP) is 6.03. The van der Waals surface area contributed by atoms with Crippen molar-refractivity contribution in [3.63, 3.8) is 0 Å². The Morgan fingerprint density at radius 1 is 0.667 bits per heavy atom. The van der Waals surface area contributed by atoms with Crippen LogP contribution < -0.4 is 53.7 Å². The number of benzene rings is 2. The Kier molecular flexibility index (Phi) is 14.3. The molecule has 8 aliphatic rings. The third kappa shape index (κ3) is 10.7. The molecule has 3 heterocycles. The number of hydrogen-bond donors (Lipinski definition) is 10. The molecule has 15 heteroatoms. The molecule has 3 amide bonds. The molecule has 15 nitrogen and oxygen atoms in total. The third-order valence-corrected chi connectivity index (χ3v) is 14.0. The van der Waals surface area contributed by atoms with E-state index in [1.807, 2.05) is 36.4 Å². The van der Waals surface area contributed by atoms with E-state index < -0.39 is 36.6 Å². The maximum absolute atomic E-state index is 14.7. The molecule has 356 valence electrons. The molecule has 0 bridgehead atoms. The monoisotopic (exact) mass is 927 g/mol. The lowest BCUT2D eigenvalue weighted by Crippen LogP contribution is -2.74. The topological polar surface area (TPSA) is 196 Å². The standard InChI is InChI=1S/C54H62N12O3/c67-49(58-52-55-43(34-19-7-1-8-20-34)46(61-64-52)37-25-13-4-14-26-37)40-31-32-41(50(68)59-53-56-44(35-21-9-2-10-22-35)47(62-65-53)38-27-15-5-16-28-38)42(33-40)51(69)60-54-57-45(36-23-11-3-12-24-36)48(63-66-54)39-29-17-6-18-30-39/h1,3-4,6-8,11,13-15,17-19,23,25,27-35,37,43,46,52-55,57,61,63-66H,2,5,9-10,12,16,20-22,24,26H2,(H,58,67)(H,59,68)(H,60,69). The molecule has 0 radical (unpaired) electrons. The number of carbonyl (C=O) groups is 3. The summed E-state index contributed by atoms with van der Waals surface area (Å²) in [7, 11) is 0. The molecule has 0 spiro atoms. The average Bonchev–Trinajstić information content (AvgIpc) is 3.42. The van der Waals surface area contributed by atoms with Crippen LogP contribution in [0.4, 0.5) is 0 Å². The lowest BCUT2D eigenvalue weighted by atomic mass is 9.80. The first-order valence-electron chi connectivity index (χ1n) is 24.7. The van der Waals surface area contributed by atoms with Gasteiger partial charge in [-0.1, -0.05) is 135 Å². The van der Waals surface area contributed by atoms with Crippen LogP contribution in [0.5, 0.6) is 0 Å². The summed E-state index contributed by atoms with van der Waals surface area (Å²) in [6.45, 7) is 0. The molecule has 3 aliphatic heterocycles. The number of nitrogens with zero attached hydrogens (tertiary/aromatic N) is 2. The maximum atomic E-state index is 14.7. The van der Waals surface area contributed by atoms with Gasteiger partial charge in [0.05, 0.1) is 28.2 Å². The fourth-order valence-electron chi connectivity index (χ4n) is 10.4. The number of hydrogen-bond acceptors (Lipinski definition) is 12. The Hall–Kier alpha value is -6.91. The van der Waals surface area contributed by atoms with Crippen LogP contribution in [0.3, 0.4) is 0 Å². The van der Waals surface area contributed by atoms with E-state index in [-0.39, 0.29) is 46.5 Å². The smallest absolute Gasteiger partial charge is 0.255 e. The molecule has 2 aromatic carbocycles. The lowest BCUT2D eigenvalue weighted by Gasteiger charge is -2.45. The zero-order valence-corrected chi connectivity index (χ0v) is 38.7. The Labute approximate surface area is 403 Å². The van der Waals surface area contributed by atoms with Crippen molar-refractivity contribution in [2.24, 2.45) is 27.8 Å². The van der Waals surface area contributed by atoms with E-state index in [2.05, 4.69) is 133 Å². The predicted molar refractivity (Wildman–Crippen MR) is 270 cm³/mol. The number of nitrogens with one attached hydrogen (secondary N) is 10. The number of carbonyl (C=O) groups excluding carboxylic acids is 3. The van der Waals surface area contributed by atoms with Crippen LogP contribution in [-0.4, -0.2) is 60.1 Å². The number of hydrazone groups is 1. The fourth-order valence-corrected chi connectivity index (χ4v) is 10.4. The average molecular weight is 927 g/mol. The van der Waals surface area contributed by atoms with Crippen LogP contribution >= 0.6 is 0 Å². The Bertz CT molecular complexity index is 2630. The summed E-state index contributed by atoms with van der Waals surface area (Å²) in [5.74, 6) is -0.888. The number of hydrazine groups is 2. The molecular formula is C54H62N12O3. The molecule has 69 heavy (non-hydrogen) atoms. The second kappa shape index (κ2) is 21.6. The van der Waals surface area contributed by atoms with E-state index in [4.69, 9.17) is 10.1 Å². The molecule has 0 aromatic heterocycles. The highest BCUT2D eigenvalue weighted by atomic mass is 16.2. The summed E-state index contributed by atoms with van der Waals surface area (Å²) in [4.78, 5) is 48.6. The minimum Gasteiger partial charge on any atom is -0.350 e. The minimum absolute atomic E-state index is 0.00818. The van der Waals surface area contributed by atoms with Crippen molar-refractivity contribution in [3.8, 4) is 0 Å². The highest BCUT2D eigenvalue weighted by Crippen LogP contribution is 2.31. The molecule has 2 fully saturated rings. The zero-order chi connectivity index (χ0) is 46.9. The maximum Gasteiger partial charge on any atom is 0.255 e. The van der Waals surface area contributed by atoms with E-state index in [0.29, 0.717) is 0 Å². The summed E-state index contributed by atoms with van der Waals surface area (Å²) in [6.07, 6.45) is 38.3. The van der Waals surface area contributed by atoms with Crippen molar-refractivity contribution >= 4 is 34.8 Å². The van der Waals surface area contributed by atoms with E-state index in [1.165, 1.54) is 18.6 Å². The highest BCUT2D eigenvalue weighted by Gasteiger charge is 2.39. The molecule has 10 rings (SSSR count). The van der Waals surface area contributed by atoms with Gasteiger partial charge in [0.2, 0.25) is 6.29 Å². The summed E-state index contributed by atoms with van der Waals surface area (Å²) < 4.78 is 0. The third-order valence-electron chi connectivity index (χ3n) is 14.0. The largest absolute Gasteiger partial charge is 0.350 e. The van der Waals surface area contributed by atoms with Crippen LogP contribution in [0.2, 0.25) is 0 Å². The summed E-state index contributed by atoms with van der Waals surface area (Å²) in [6, 6.07) is 14.6. The van der Waals surface area contributed by atoms with Gasteiger partial charge >= 0.3 is 0 Å². The van der Waals surface area contributed by atoms with Gasteiger partial charge in [0.25, 0.3) is 17.7 Å². The number of allylic oxidation sites excluding steroid dienone is 14. The van der Waals surface area contributed by atoms with Gasteiger partial charge in [-0.15, -0.1) is 0 Å². The quantitative estimate of drug-likeness (QED) is 0.120. The lowest BCUT2D eigenvalue weighted by molar-refractivity contribution is 0.0821. The molecule has 1 saturated carbocycles. The highest BCUT2D eigenvalue weighted by molar-refractivity contribution is 6.49. The molecule has 2 aromatic rings. The van der Waals surface area contributed by atoms with Crippen LogP contribution in [0.1, 0.15) is 107 Å². The van der Waals surface area contributed by atoms with Crippen molar-refractivity contribution in [1.29, 1.82) is 0 Å². The van der Waals surface area contributed by atoms with Crippen LogP contribution in [0, 0.1) is 17.8 Å². The van der Waals surface area contributed by atoms with Crippen LogP contribution in [-0.2, 0) is 0 Å². The Morgan fingerprint density at radius 3 is 2.19 bits per heavy atom. The molecule has 5 aliphatic carbocycles. The summed E-state index contributed by atoms with van der Waals surface area (Å²) in [5, 5.41) is 21.1. The van der Waals surface area contributed by atoms with Gasteiger partial charge in [-0.25, -0.2) is 15.8 Å². The Morgan fingerprint density at radius 2 is 1.45 bits per heavy atom. The van der Waals surface area contributed by atoms with Crippen molar-refractivity contribution in [2.45, 2.75) is 102 Å². The zero-order valence-electron chi connectivity index (χ0n) is 38.7. The van der Waals surface area contributed by atoms with E-state index in [1.54, 1.807) is 6.07 Å². The second-order valence-electron chi connectivity index (χ2n) is 18.6. The second-order valence-corrected chi connectivity index (χ2v) is 18.6. The number of aliphatic imine (C=N–C) groups is 1. The van der Waals surface area contributed by atoms with Crippen molar-refractivity contribution in [2.75, 3.05) is 0 Å². The van der Waals surface area contributed by atoms with Gasteiger partial charge < -0.3 is 26.7 Å². The first-order chi connectivity index (χ1) is 33.9. The van der Waals surface area contributed by atoms with Crippen LogP contribution in [0.25, 0.3) is 5.70 Å². The van der Waals surface area contributed by atoms with E-state index in [9.17, 15) is 14.4 Å². The SMILES string of the molecule is O=C(NC1NNC(C2C=CC=CC2)C(C2C=CC=CC2)N1)c1ccc(C(=O)NC2N=C(C3CCCCC3)C(C3=CCCC=C3)=NN2)c(C(=O)NC2NNC(c3ccccc3)=C(C3=CC=CCC3)N2)c1. The molecular weight excluding hydrogens is 865 g/mol.